The van der Waals surface area contributed by atoms with Crippen LogP contribution in [0.5, 0.6) is 5.75 Å². The van der Waals surface area contributed by atoms with Crippen LogP contribution < -0.4 is 4.74 Å². The Morgan fingerprint density at radius 3 is 2.38 bits per heavy atom. The summed E-state index contributed by atoms with van der Waals surface area (Å²) < 4.78 is 6.15. The van der Waals surface area contributed by atoms with Crippen LogP contribution in [0.2, 0.25) is 0 Å². The van der Waals surface area contributed by atoms with Crippen molar-refractivity contribution in [2.45, 2.75) is 90.8 Å². The largest absolute Gasteiger partial charge is 0.488 e. The zero-order valence-electron chi connectivity index (χ0n) is 16.9. The average molecular weight is 330 g/mol. The second-order valence-electron chi connectivity index (χ2n) is 10.1. The minimum Gasteiger partial charge on any atom is -0.488 e. The molecule has 2 heteroatoms. The Balaban J connectivity index is 2.00. The maximum Gasteiger partial charge on any atom is 0.120 e. The highest BCUT2D eigenvalue weighted by atomic mass is 16.5. The molecule has 1 aliphatic heterocycles. The molecule has 0 N–H and O–H groups in total. The molecule has 1 saturated heterocycles. The first-order valence-electron chi connectivity index (χ1n) is 9.51. The van der Waals surface area contributed by atoms with E-state index in [1.165, 1.54) is 30.5 Å². The van der Waals surface area contributed by atoms with Gasteiger partial charge in [-0.2, -0.15) is 0 Å². The molecule has 1 aromatic carbocycles. The van der Waals surface area contributed by atoms with Crippen molar-refractivity contribution in [2.75, 3.05) is 6.54 Å². The Bertz CT molecular complexity index is 622. The minimum atomic E-state index is -0.145. The van der Waals surface area contributed by atoms with Gasteiger partial charge in [0, 0.05) is 11.6 Å². The van der Waals surface area contributed by atoms with Crippen LogP contribution in [0, 0.1) is 5.92 Å². The molecular weight excluding hydrogens is 294 g/mol. The van der Waals surface area contributed by atoms with Crippen molar-refractivity contribution in [3.8, 4) is 5.75 Å². The number of piperidine rings is 1. The van der Waals surface area contributed by atoms with Gasteiger partial charge in [-0.1, -0.05) is 19.9 Å². The fourth-order valence-corrected chi connectivity index (χ4v) is 4.85. The Hall–Kier alpha value is -1.02. The lowest BCUT2D eigenvalue weighted by atomic mass is 9.58. The first kappa shape index (κ1) is 17.8. The molecule has 3 atom stereocenters. The lowest BCUT2D eigenvalue weighted by Crippen LogP contribution is -2.62. The predicted octanol–water partition coefficient (Wildman–Crippen LogP) is 5.19. The van der Waals surface area contributed by atoms with Gasteiger partial charge < -0.3 is 4.74 Å². The van der Waals surface area contributed by atoms with Crippen LogP contribution in [0.25, 0.3) is 0 Å². The van der Waals surface area contributed by atoms with Crippen LogP contribution in [0.15, 0.2) is 18.2 Å². The molecule has 0 spiro atoms. The summed E-state index contributed by atoms with van der Waals surface area (Å²) in [5.74, 6) is 1.69. The van der Waals surface area contributed by atoms with Crippen molar-refractivity contribution in [1.29, 1.82) is 0 Å². The minimum absolute atomic E-state index is 0.145. The first-order chi connectivity index (χ1) is 10.9. The molecule has 24 heavy (non-hydrogen) atoms. The number of likely N-dealkylation sites (tertiary alicyclic amines) is 1. The number of ether oxygens (including phenoxy) is 1. The Kier molecular flexibility index (Phi) is 4.07. The van der Waals surface area contributed by atoms with E-state index in [9.17, 15) is 0 Å². The van der Waals surface area contributed by atoms with E-state index in [1.54, 1.807) is 0 Å². The molecule has 1 unspecified atom stereocenters. The quantitative estimate of drug-likeness (QED) is 0.703. The van der Waals surface area contributed by atoms with Gasteiger partial charge in [-0.3, -0.25) is 4.90 Å². The highest BCUT2D eigenvalue weighted by Gasteiger charge is 2.50. The third-order valence-electron chi connectivity index (χ3n) is 6.27. The van der Waals surface area contributed by atoms with Crippen molar-refractivity contribution < 1.29 is 4.74 Å². The van der Waals surface area contributed by atoms with Gasteiger partial charge in [-0.25, -0.2) is 0 Å². The van der Waals surface area contributed by atoms with Crippen molar-refractivity contribution in [3.63, 3.8) is 0 Å². The normalized spacial score (nSPS) is 30.8. The maximum absolute atomic E-state index is 6.15. The van der Waals surface area contributed by atoms with E-state index in [1.807, 2.05) is 0 Å². The fraction of sp³-hybridized carbons (Fsp3) is 0.727. The zero-order valence-corrected chi connectivity index (χ0v) is 16.9. The van der Waals surface area contributed by atoms with Gasteiger partial charge in [0.2, 0.25) is 0 Å². The van der Waals surface area contributed by atoms with E-state index in [0.29, 0.717) is 12.0 Å². The van der Waals surface area contributed by atoms with Gasteiger partial charge in [0.25, 0.3) is 0 Å². The molecule has 0 radical (unpaired) electrons. The molecule has 2 nitrogen and oxygen atoms in total. The van der Waals surface area contributed by atoms with Gasteiger partial charge >= 0.3 is 0 Å². The molecular formula is C22H35NO. The molecule has 0 saturated carbocycles. The second kappa shape index (κ2) is 5.49. The highest BCUT2D eigenvalue weighted by Crippen LogP contribution is 2.50. The Morgan fingerprint density at radius 2 is 1.79 bits per heavy atom. The van der Waals surface area contributed by atoms with Crippen molar-refractivity contribution in [3.05, 3.63) is 29.3 Å². The summed E-state index contributed by atoms with van der Waals surface area (Å²) in [6.45, 7) is 19.6. The van der Waals surface area contributed by atoms with Crippen LogP contribution >= 0.6 is 0 Å². The van der Waals surface area contributed by atoms with Crippen LogP contribution in [0.1, 0.15) is 72.9 Å². The second-order valence-corrected chi connectivity index (χ2v) is 10.1. The molecule has 3 rings (SSSR count). The topological polar surface area (TPSA) is 12.5 Å². The van der Waals surface area contributed by atoms with Gasteiger partial charge in [0.05, 0.1) is 0 Å². The van der Waals surface area contributed by atoms with Crippen molar-refractivity contribution in [1.82, 2.24) is 4.90 Å². The van der Waals surface area contributed by atoms with Crippen molar-refractivity contribution in [2.24, 2.45) is 5.92 Å². The third-order valence-corrected chi connectivity index (χ3v) is 6.27. The lowest BCUT2D eigenvalue weighted by Gasteiger charge is -2.58. The number of fused-ring (bicyclic) bond motifs is 4. The van der Waals surface area contributed by atoms with E-state index in [2.05, 4.69) is 78.5 Å². The SMILES string of the molecule is C[C@H]1C2Cc3ccc(OC(C)(C)C)cc3[C@]1(C)CCN2C(C)(C)C. The van der Waals surface area contributed by atoms with E-state index in [-0.39, 0.29) is 16.6 Å². The van der Waals surface area contributed by atoms with Gasteiger partial charge in [-0.05, 0) is 95.5 Å². The summed E-state index contributed by atoms with van der Waals surface area (Å²) in [5, 5.41) is 0. The van der Waals surface area contributed by atoms with E-state index in [4.69, 9.17) is 4.74 Å². The van der Waals surface area contributed by atoms with Crippen LogP contribution in [-0.4, -0.2) is 28.6 Å². The lowest BCUT2D eigenvalue weighted by molar-refractivity contribution is -0.0249. The van der Waals surface area contributed by atoms with E-state index >= 15 is 0 Å². The number of hydrogen-bond acceptors (Lipinski definition) is 2. The number of nitrogens with zero attached hydrogens (tertiary/aromatic N) is 1. The summed E-state index contributed by atoms with van der Waals surface area (Å²) in [6, 6.07) is 7.46. The van der Waals surface area contributed by atoms with Crippen molar-refractivity contribution >= 4 is 0 Å². The first-order valence-corrected chi connectivity index (χ1v) is 9.51. The smallest absolute Gasteiger partial charge is 0.120 e. The van der Waals surface area contributed by atoms with E-state index < -0.39 is 0 Å². The van der Waals surface area contributed by atoms with Gasteiger partial charge in [-0.15, -0.1) is 0 Å². The van der Waals surface area contributed by atoms with Crippen LogP contribution in [0.4, 0.5) is 0 Å². The zero-order chi connectivity index (χ0) is 17.9. The monoisotopic (exact) mass is 329 g/mol. The fourth-order valence-electron chi connectivity index (χ4n) is 4.85. The summed E-state index contributed by atoms with van der Waals surface area (Å²) in [6.07, 6.45) is 2.40. The van der Waals surface area contributed by atoms with Gasteiger partial charge in [0.1, 0.15) is 11.4 Å². The summed E-state index contributed by atoms with van der Waals surface area (Å²) in [4.78, 5) is 2.74. The molecule has 2 aliphatic rings. The molecule has 1 aromatic rings. The third kappa shape index (κ3) is 2.98. The summed E-state index contributed by atoms with van der Waals surface area (Å²) in [5.41, 5.74) is 3.41. The Labute approximate surface area is 148 Å². The number of rotatable bonds is 1. The average Bonchev–Trinajstić information content (AvgIpc) is 2.40. The predicted molar refractivity (Wildman–Crippen MR) is 102 cm³/mol. The summed E-state index contributed by atoms with van der Waals surface area (Å²) in [7, 11) is 0. The highest BCUT2D eigenvalue weighted by molar-refractivity contribution is 5.45. The van der Waals surface area contributed by atoms with Crippen LogP contribution in [0.3, 0.4) is 0 Å². The van der Waals surface area contributed by atoms with Crippen LogP contribution in [-0.2, 0) is 11.8 Å². The maximum atomic E-state index is 6.15. The molecule has 1 fully saturated rings. The molecule has 134 valence electrons. The van der Waals surface area contributed by atoms with Gasteiger partial charge in [0.15, 0.2) is 0 Å². The number of benzene rings is 1. The van der Waals surface area contributed by atoms with E-state index in [0.717, 1.165) is 5.75 Å². The molecule has 1 aliphatic carbocycles. The molecule has 1 heterocycles. The molecule has 0 amide bonds. The molecule has 0 aromatic heterocycles. The number of hydrogen-bond donors (Lipinski definition) is 0. The Morgan fingerprint density at radius 1 is 1.12 bits per heavy atom. The standard InChI is InChI=1S/C22H35NO/c1-15-19-13-16-9-10-17(24-21(5,6)7)14-18(16)22(15,8)11-12-23(19)20(2,3)4/h9-10,14-15,19H,11-13H2,1-8H3/t15-,19?,22+/m0/s1. The molecule has 2 bridgehead atoms. The summed E-state index contributed by atoms with van der Waals surface area (Å²) >= 11 is 0.